The average molecular weight is 355 g/mol. The summed E-state index contributed by atoms with van der Waals surface area (Å²) in [5, 5.41) is 0. The highest BCUT2D eigenvalue weighted by atomic mass is 18.2. The SMILES string of the molecule is COc1ccccc1N1CCN(CCCC(=O)c2ccc([18F])cc2)CC1. The Morgan fingerprint density at radius 1 is 1.04 bits per heavy atom. The average Bonchev–Trinajstić information content (AvgIpc) is 2.69. The summed E-state index contributed by atoms with van der Waals surface area (Å²) >= 11 is 0. The predicted octanol–water partition coefficient (Wildman–Crippen LogP) is 3.62. The summed E-state index contributed by atoms with van der Waals surface area (Å²) in [5.41, 5.74) is 1.73. The first-order valence-electron chi connectivity index (χ1n) is 9.06. The summed E-state index contributed by atoms with van der Waals surface area (Å²) in [6, 6.07) is 13.9. The molecular weight excluding hydrogens is 330 g/mol. The number of methoxy groups -OCH3 is 1. The third kappa shape index (κ3) is 4.61. The molecule has 0 bridgehead atoms. The zero-order valence-electron chi connectivity index (χ0n) is 15.2. The minimum atomic E-state index is -0.311. The summed E-state index contributed by atoms with van der Waals surface area (Å²) < 4.78 is 18.4. The fraction of sp³-hybridized carbons (Fsp3) is 0.381. The van der Waals surface area contributed by atoms with Crippen molar-refractivity contribution in [3.05, 3.63) is 59.9 Å². The van der Waals surface area contributed by atoms with Crippen molar-refractivity contribution in [3.8, 4) is 5.75 Å². The summed E-state index contributed by atoms with van der Waals surface area (Å²) in [5.74, 6) is 0.679. The van der Waals surface area contributed by atoms with E-state index >= 15 is 0 Å². The minimum Gasteiger partial charge on any atom is -0.495 e. The van der Waals surface area contributed by atoms with Crippen molar-refractivity contribution in [2.24, 2.45) is 0 Å². The third-order valence-electron chi connectivity index (χ3n) is 4.84. The van der Waals surface area contributed by atoms with Crippen molar-refractivity contribution < 1.29 is 13.9 Å². The smallest absolute Gasteiger partial charge is 0.162 e. The normalized spacial score (nSPS) is 15.1. The van der Waals surface area contributed by atoms with Crippen LogP contribution in [0.2, 0.25) is 0 Å². The number of hydrogen-bond acceptors (Lipinski definition) is 4. The first kappa shape index (κ1) is 18.4. The van der Waals surface area contributed by atoms with Crippen LogP contribution in [0, 0.1) is 5.82 Å². The predicted molar refractivity (Wildman–Crippen MR) is 102 cm³/mol. The van der Waals surface area contributed by atoms with Gasteiger partial charge in [0.05, 0.1) is 12.8 Å². The highest BCUT2D eigenvalue weighted by Crippen LogP contribution is 2.28. The molecule has 2 aromatic carbocycles. The molecule has 0 radical (unpaired) electrons. The number of ether oxygens (including phenoxy) is 1. The molecule has 0 aromatic heterocycles. The second kappa shape index (κ2) is 8.81. The van der Waals surface area contributed by atoms with Crippen LogP contribution >= 0.6 is 0 Å². The summed E-state index contributed by atoms with van der Waals surface area (Å²) in [6.45, 7) is 4.76. The van der Waals surface area contributed by atoms with Gasteiger partial charge in [0.2, 0.25) is 0 Å². The lowest BCUT2D eigenvalue weighted by molar-refractivity contribution is 0.0974. The molecule has 0 spiro atoms. The van der Waals surface area contributed by atoms with Gasteiger partial charge in [0.15, 0.2) is 5.78 Å². The second-order valence-corrected chi connectivity index (χ2v) is 6.53. The van der Waals surface area contributed by atoms with Gasteiger partial charge in [-0.1, -0.05) is 12.1 Å². The zero-order valence-corrected chi connectivity index (χ0v) is 15.2. The van der Waals surface area contributed by atoms with E-state index in [0.29, 0.717) is 12.0 Å². The Balaban J connectivity index is 1.43. The van der Waals surface area contributed by atoms with Gasteiger partial charge in [-0.15, -0.1) is 0 Å². The number of carbonyl (C=O) groups excluding carboxylic acids is 1. The summed E-state index contributed by atoms with van der Waals surface area (Å²) in [4.78, 5) is 16.9. The van der Waals surface area contributed by atoms with Gasteiger partial charge in [0.25, 0.3) is 0 Å². The first-order chi connectivity index (χ1) is 12.7. The number of rotatable bonds is 7. The van der Waals surface area contributed by atoms with Crippen molar-refractivity contribution in [1.82, 2.24) is 4.90 Å². The van der Waals surface area contributed by atoms with Gasteiger partial charge in [0.1, 0.15) is 11.6 Å². The molecule has 0 N–H and O–H groups in total. The van der Waals surface area contributed by atoms with Crippen molar-refractivity contribution in [1.29, 1.82) is 0 Å². The number of para-hydroxylation sites is 2. The third-order valence-corrected chi connectivity index (χ3v) is 4.84. The fourth-order valence-corrected chi connectivity index (χ4v) is 3.35. The van der Waals surface area contributed by atoms with Crippen molar-refractivity contribution in [2.75, 3.05) is 44.7 Å². The van der Waals surface area contributed by atoms with Crippen LogP contribution in [0.3, 0.4) is 0 Å². The Kier molecular flexibility index (Phi) is 6.23. The Morgan fingerprint density at radius 3 is 2.42 bits per heavy atom. The molecular formula is C21H25FN2O2. The van der Waals surface area contributed by atoms with E-state index in [1.807, 2.05) is 18.2 Å². The molecule has 1 heterocycles. The van der Waals surface area contributed by atoms with Crippen LogP contribution in [0.25, 0.3) is 0 Å². The second-order valence-electron chi connectivity index (χ2n) is 6.53. The summed E-state index contributed by atoms with van der Waals surface area (Å²) in [7, 11) is 1.70. The molecule has 1 aliphatic heterocycles. The number of anilines is 1. The Bertz CT molecular complexity index is 725. The van der Waals surface area contributed by atoms with E-state index < -0.39 is 0 Å². The van der Waals surface area contributed by atoms with E-state index in [0.717, 1.165) is 50.6 Å². The fourth-order valence-electron chi connectivity index (χ4n) is 3.35. The van der Waals surface area contributed by atoms with Crippen LogP contribution in [-0.4, -0.2) is 50.5 Å². The maximum absolute atomic E-state index is 12.9. The van der Waals surface area contributed by atoms with E-state index in [2.05, 4.69) is 15.9 Å². The molecule has 3 rings (SSSR count). The Hall–Kier alpha value is -2.40. The van der Waals surface area contributed by atoms with E-state index in [1.54, 1.807) is 19.2 Å². The van der Waals surface area contributed by atoms with Gasteiger partial charge in [0, 0.05) is 38.2 Å². The van der Waals surface area contributed by atoms with Crippen LogP contribution in [0.1, 0.15) is 23.2 Å². The highest BCUT2D eigenvalue weighted by molar-refractivity contribution is 5.95. The van der Waals surface area contributed by atoms with Crippen LogP contribution in [0.4, 0.5) is 10.1 Å². The van der Waals surface area contributed by atoms with Gasteiger partial charge in [-0.2, -0.15) is 0 Å². The Morgan fingerprint density at radius 2 is 1.73 bits per heavy atom. The number of piperazine rings is 1. The number of benzene rings is 2. The molecule has 26 heavy (non-hydrogen) atoms. The molecule has 2 aromatic rings. The van der Waals surface area contributed by atoms with Crippen molar-refractivity contribution in [2.45, 2.75) is 12.8 Å². The van der Waals surface area contributed by atoms with Crippen molar-refractivity contribution in [3.63, 3.8) is 0 Å². The van der Waals surface area contributed by atoms with Gasteiger partial charge in [-0.05, 0) is 49.4 Å². The lowest BCUT2D eigenvalue weighted by Gasteiger charge is -2.36. The molecule has 4 nitrogen and oxygen atoms in total. The molecule has 0 saturated carbocycles. The first-order valence-corrected chi connectivity index (χ1v) is 9.06. The van der Waals surface area contributed by atoms with Gasteiger partial charge in [-0.3, -0.25) is 9.69 Å². The minimum absolute atomic E-state index is 0.0812. The largest absolute Gasteiger partial charge is 0.495 e. The standard InChI is InChI=1S/C21H25FN2O2/c1-26-21-7-3-2-5-19(21)24-15-13-23(14-16-24)12-4-6-20(25)17-8-10-18(22)11-9-17/h2-3,5,7-11H,4,6,12-16H2,1H3/i22-1. The molecule has 0 amide bonds. The van der Waals surface area contributed by atoms with E-state index in [1.165, 1.54) is 12.1 Å². The number of hydrogen-bond donors (Lipinski definition) is 0. The lowest BCUT2D eigenvalue weighted by Crippen LogP contribution is -2.46. The topological polar surface area (TPSA) is 32.8 Å². The van der Waals surface area contributed by atoms with Crippen LogP contribution < -0.4 is 9.64 Å². The van der Waals surface area contributed by atoms with E-state index in [4.69, 9.17) is 4.74 Å². The van der Waals surface area contributed by atoms with Crippen LogP contribution in [0.5, 0.6) is 5.75 Å². The molecule has 5 heteroatoms. The van der Waals surface area contributed by atoms with Crippen LogP contribution in [-0.2, 0) is 0 Å². The maximum Gasteiger partial charge on any atom is 0.162 e. The lowest BCUT2D eigenvalue weighted by atomic mass is 10.1. The van der Waals surface area contributed by atoms with Gasteiger partial charge < -0.3 is 9.64 Å². The number of nitrogens with zero attached hydrogens (tertiary/aromatic N) is 2. The maximum atomic E-state index is 12.9. The Labute approximate surface area is 154 Å². The zero-order chi connectivity index (χ0) is 18.4. The molecule has 0 aliphatic carbocycles. The van der Waals surface area contributed by atoms with Gasteiger partial charge >= 0.3 is 0 Å². The number of halogens is 1. The molecule has 1 aliphatic rings. The number of carbonyl (C=O) groups is 1. The molecule has 0 unspecified atom stereocenters. The summed E-state index contributed by atoms with van der Waals surface area (Å²) in [6.07, 6.45) is 1.32. The highest BCUT2D eigenvalue weighted by Gasteiger charge is 2.19. The molecule has 0 atom stereocenters. The van der Waals surface area contributed by atoms with E-state index in [9.17, 15) is 9.18 Å². The van der Waals surface area contributed by atoms with Crippen molar-refractivity contribution >= 4 is 11.5 Å². The quantitative estimate of drug-likeness (QED) is 0.710. The molecule has 1 fully saturated rings. The van der Waals surface area contributed by atoms with Crippen LogP contribution in [0.15, 0.2) is 48.5 Å². The van der Waals surface area contributed by atoms with E-state index in [-0.39, 0.29) is 11.6 Å². The molecule has 138 valence electrons. The van der Waals surface area contributed by atoms with Gasteiger partial charge in [-0.25, -0.2) is 4.39 Å². The number of Topliss-reactive ketones (excluding diaryl/α,β-unsaturated/α-hetero) is 1. The molecule has 1 saturated heterocycles. The number of ketones is 1. The monoisotopic (exact) mass is 355 g/mol.